The van der Waals surface area contributed by atoms with Crippen LogP contribution >= 0.6 is 9.47 Å². The Morgan fingerprint density at radius 3 is 2.79 bits per heavy atom. The summed E-state index contributed by atoms with van der Waals surface area (Å²) in [5.41, 5.74) is 2.67. The zero-order valence-electron chi connectivity index (χ0n) is 14.6. The monoisotopic (exact) mass is 346 g/mol. The van der Waals surface area contributed by atoms with Gasteiger partial charge in [-0.15, -0.1) is 0 Å². The van der Waals surface area contributed by atoms with Crippen molar-refractivity contribution in [2.24, 2.45) is 16.7 Å². The topological polar surface area (TPSA) is 35.5 Å². The number of methoxy groups -OCH3 is 1. The van der Waals surface area contributed by atoms with Crippen LogP contribution in [0.4, 0.5) is 0 Å². The third-order valence-electron chi connectivity index (χ3n) is 7.45. The molecule has 3 aliphatic carbocycles. The van der Waals surface area contributed by atoms with E-state index in [9.17, 15) is 4.79 Å². The van der Waals surface area contributed by atoms with E-state index in [1.165, 1.54) is 17.4 Å². The lowest BCUT2D eigenvalue weighted by atomic mass is 9.48. The molecule has 3 aliphatic rings. The Morgan fingerprint density at radius 2 is 2.08 bits per heavy atom. The molecule has 0 amide bonds. The van der Waals surface area contributed by atoms with Gasteiger partial charge in [0.15, 0.2) is 0 Å². The van der Waals surface area contributed by atoms with Gasteiger partial charge in [-0.3, -0.25) is 0 Å². The molecule has 3 nitrogen and oxygen atoms in total. The first-order valence-corrected chi connectivity index (χ1v) is 9.55. The van der Waals surface area contributed by atoms with Crippen molar-refractivity contribution in [3.05, 3.63) is 29.3 Å². The zero-order valence-corrected chi connectivity index (χ0v) is 15.7. The molecule has 6 atom stereocenters. The van der Waals surface area contributed by atoms with Gasteiger partial charge in [0.1, 0.15) is 12.0 Å². The molecule has 2 fully saturated rings. The first kappa shape index (κ1) is 16.5. The van der Waals surface area contributed by atoms with E-state index in [2.05, 4.69) is 34.6 Å². The summed E-state index contributed by atoms with van der Waals surface area (Å²) in [6.45, 7) is 2.35. The fraction of sp³-hybridized carbons (Fsp3) is 0.650. The molecule has 0 bridgehead atoms. The molecule has 2 saturated carbocycles. The fourth-order valence-corrected chi connectivity index (χ4v) is 6.69. The van der Waals surface area contributed by atoms with E-state index in [4.69, 9.17) is 9.26 Å². The summed E-state index contributed by atoms with van der Waals surface area (Å²) in [6.07, 6.45) is 7.92. The largest absolute Gasteiger partial charge is 0.497 e. The third kappa shape index (κ3) is 2.07. The van der Waals surface area contributed by atoms with Gasteiger partial charge in [0.2, 0.25) is 0 Å². The van der Waals surface area contributed by atoms with Crippen molar-refractivity contribution < 1.29 is 14.1 Å². The van der Waals surface area contributed by atoms with Crippen LogP contribution in [0, 0.1) is 16.7 Å². The van der Waals surface area contributed by atoms with Crippen molar-refractivity contribution >= 4 is 15.8 Å². The zero-order chi connectivity index (χ0) is 16.9. The number of benzene rings is 1. The highest BCUT2D eigenvalue weighted by Crippen LogP contribution is 2.66. The van der Waals surface area contributed by atoms with Crippen molar-refractivity contribution in [3.63, 3.8) is 0 Å². The average molecular weight is 346 g/mol. The van der Waals surface area contributed by atoms with E-state index < -0.39 is 0 Å². The first-order valence-electron chi connectivity index (χ1n) is 9.07. The number of rotatable bonds is 3. The molecule has 0 N–H and O–H groups in total. The van der Waals surface area contributed by atoms with Gasteiger partial charge in [-0.05, 0) is 79.0 Å². The maximum atomic E-state index is 12.5. The van der Waals surface area contributed by atoms with Crippen LogP contribution in [0.2, 0.25) is 0 Å². The van der Waals surface area contributed by atoms with Crippen molar-refractivity contribution in [2.45, 2.75) is 57.5 Å². The second-order valence-electron chi connectivity index (χ2n) is 8.15. The van der Waals surface area contributed by atoms with E-state index >= 15 is 0 Å². The molecular formula is C20H27O3P. The van der Waals surface area contributed by atoms with Crippen molar-refractivity contribution in [1.82, 2.24) is 0 Å². The fourth-order valence-electron chi connectivity index (χ4n) is 6.24. The number of aldehydes is 1. The Hall–Kier alpha value is -0.920. The van der Waals surface area contributed by atoms with Gasteiger partial charge in [0.25, 0.3) is 0 Å². The second kappa shape index (κ2) is 5.81. The van der Waals surface area contributed by atoms with Crippen LogP contribution in [0.15, 0.2) is 18.2 Å². The highest BCUT2D eigenvalue weighted by Gasteiger charge is 2.62. The highest BCUT2D eigenvalue weighted by atomic mass is 31.0. The van der Waals surface area contributed by atoms with Gasteiger partial charge < -0.3 is 14.1 Å². The van der Waals surface area contributed by atoms with Gasteiger partial charge in [0, 0.05) is 14.9 Å². The third-order valence-corrected chi connectivity index (χ3v) is 7.78. The van der Waals surface area contributed by atoms with Crippen LogP contribution in [0.1, 0.15) is 56.1 Å². The number of aryl methyl sites for hydroxylation is 1. The molecule has 0 spiro atoms. The lowest BCUT2D eigenvalue weighted by molar-refractivity contribution is -0.132. The van der Waals surface area contributed by atoms with Gasteiger partial charge in [-0.1, -0.05) is 13.0 Å². The summed E-state index contributed by atoms with van der Waals surface area (Å²) in [7, 11) is 4.17. The lowest BCUT2D eigenvalue weighted by Gasteiger charge is -2.56. The molecular weight excluding hydrogens is 319 g/mol. The Balaban J connectivity index is 1.78. The smallest absolute Gasteiger partial charge is 0.127 e. The maximum Gasteiger partial charge on any atom is 0.127 e. The molecule has 0 heterocycles. The number of carbonyl (C=O) groups excluding carboxylic acids is 1. The van der Waals surface area contributed by atoms with Crippen LogP contribution in [0.5, 0.6) is 5.75 Å². The number of carbonyl (C=O) groups is 1. The summed E-state index contributed by atoms with van der Waals surface area (Å²) in [5.74, 6) is 1.71. The number of ether oxygens (including phenoxy) is 1. The Bertz CT molecular complexity index is 660. The van der Waals surface area contributed by atoms with Crippen LogP contribution in [0.25, 0.3) is 0 Å². The molecule has 3 unspecified atom stereocenters. The van der Waals surface area contributed by atoms with E-state index in [0.29, 0.717) is 11.8 Å². The molecule has 0 aliphatic heterocycles. The average Bonchev–Trinajstić information content (AvgIpc) is 2.97. The minimum Gasteiger partial charge on any atom is -0.497 e. The molecule has 0 aromatic heterocycles. The lowest BCUT2D eigenvalue weighted by Crippen LogP contribution is -2.52. The summed E-state index contributed by atoms with van der Waals surface area (Å²) in [4.78, 5) is 12.5. The summed E-state index contributed by atoms with van der Waals surface area (Å²) >= 11 is 0. The van der Waals surface area contributed by atoms with Crippen LogP contribution in [0.3, 0.4) is 0 Å². The molecule has 24 heavy (non-hydrogen) atoms. The predicted molar refractivity (Wildman–Crippen MR) is 97.2 cm³/mol. The minimum absolute atomic E-state index is 0.128. The molecule has 1 aromatic rings. The van der Waals surface area contributed by atoms with Crippen molar-refractivity contribution in [3.8, 4) is 5.75 Å². The Kier molecular flexibility index (Phi) is 4.01. The van der Waals surface area contributed by atoms with Crippen molar-refractivity contribution in [1.29, 1.82) is 0 Å². The van der Waals surface area contributed by atoms with Crippen LogP contribution in [-0.2, 0) is 15.7 Å². The molecule has 0 radical (unpaired) electrons. The predicted octanol–water partition coefficient (Wildman–Crippen LogP) is 4.30. The minimum atomic E-state index is -0.216. The van der Waals surface area contributed by atoms with Gasteiger partial charge in [-0.25, -0.2) is 0 Å². The van der Waals surface area contributed by atoms with E-state index in [1.807, 2.05) is 0 Å². The quantitative estimate of drug-likeness (QED) is 0.605. The number of hydrogen-bond acceptors (Lipinski definition) is 3. The summed E-state index contributed by atoms with van der Waals surface area (Å²) in [6, 6.07) is 6.43. The van der Waals surface area contributed by atoms with E-state index in [1.54, 1.807) is 7.11 Å². The maximum absolute atomic E-state index is 12.5. The normalized spacial score (nSPS) is 40.4. The highest BCUT2D eigenvalue weighted by molar-refractivity contribution is 7.09. The molecule has 4 rings (SSSR count). The molecule has 0 saturated heterocycles. The van der Waals surface area contributed by atoms with Crippen LogP contribution < -0.4 is 4.74 Å². The van der Waals surface area contributed by atoms with Gasteiger partial charge in [-0.2, -0.15) is 0 Å². The summed E-state index contributed by atoms with van der Waals surface area (Å²) < 4.78 is 11.1. The Morgan fingerprint density at radius 1 is 1.25 bits per heavy atom. The van der Waals surface area contributed by atoms with Gasteiger partial charge >= 0.3 is 0 Å². The standard InChI is InChI=1S/C20H27O3P/c1-19-9-8-16-15-4-3-14(22-2)11-13(15)7-10-20(16,12-21)17(19)5-6-18(19)23-24/h3-4,11-12,16-18H,5-10,24H2,1-2H3/t16?,17?,18-,19-,20-/m0/s1. The second-order valence-corrected chi connectivity index (χ2v) is 8.42. The molecule has 4 heteroatoms. The Labute approximate surface area is 146 Å². The molecule has 130 valence electrons. The van der Waals surface area contributed by atoms with E-state index in [0.717, 1.165) is 44.3 Å². The number of hydrogen-bond donors (Lipinski definition) is 0. The first-order chi connectivity index (χ1) is 11.6. The van der Waals surface area contributed by atoms with Crippen LogP contribution in [-0.4, -0.2) is 19.5 Å². The van der Waals surface area contributed by atoms with Gasteiger partial charge in [0.05, 0.1) is 13.2 Å². The molecule has 1 aromatic carbocycles. The number of fused-ring (bicyclic) bond motifs is 5. The SMILES string of the molecule is COc1ccc2c(c1)CC[C@]1(C=O)C2CC[C@@]2(C)C1CC[C@@H]2OP. The summed E-state index contributed by atoms with van der Waals surface area (Å²) in [5, 5.41) is 0. The van der Waals surface area contributed by atoms with Crippen molar-refractivity contribution in [2.75, 3.05) is 7.11 Å². The van der Waals surface area contributed by atoms with E-state index in [-0.39, 0.29) is 16.9 Å².